The second kappa shape index (κ2) is 7.57. The fraction of sp³-hybridized carbons (Fsp3) is 0.529. The number of nitrogens with one attached hydrogen (secondary N) is 1. The number of urea groups is 1. The molecule has 0 aliphatic carbocycles. The van der Waals surface area contributed by atoms with Gasteiger partial charge in [-0.2, -0.15) is 0 Å². The highest BCUT2D eigenvalue weighted by molar-refractivity contribution is 6.07. The third-order valence-corrected chi connectivity index (χ3v) is 4.28. The molecule has 0 spiro atoms. The summed E-state index contributed by atoms with van der Waals surface area (Å²) in [6, 6.07) is 7.48. The largest absolute Gasteiger partial charge is 0.378 e. The molecule has 0 saturated carbocycles. The van der Waals surface area contributed by atoms with Crippen molar-refractivity contribution in [2.24, 2.45) is 5.73 Å². The number of imide groups is 1. The van der Waals surface area contributed by atoms with Crippen molar-refractivity contribution >= 4 is 11.9 Å². The van der Waals surface area contributed by atoms with Crippen LogP contribution in [0.4, 0.5) is 4.79 Å². The van der Waals surface area contributed by atoms with Gasteiger partial charge in [0.25, 0.3) is 5.91 Å². The third kappa shape index (κ3) is 3.38. The molecule has 6 nitrogen and oxygen atoms in total. The van der Waals surface area contributed by atoms with E-state index in [0.717, 1.165) is 12.0 Å². The molecule has 3 N–H and O–H groups in total. The molecule has 1 unspecified atom stereocenters. The maximum atomic E-state index is 12.8. The summed E-state index contributed by atoms with van der Waals surface area (Å²) in [5, 5.41) is 2.87. The van der Waals surface area contributed by atoms with Crippen molar-refractivity contribution in [2.75, 3.05) is 26.3 Å². The first kappa shape index (κ1) is 17.4. The van der Waals surface area contributed by atoms with E-state index in [0.29, 0.717) is 26.2 Å². The topological polar surface area (TPSA) is 84.7 Å². The van der Waals surface area contributed by atoms with Crippen LogP contribution < -0.4 is 11.1 Å². The van der Waals surface area contributed by atoms with E-state index in [2.05, 4.69) is 12.2 Å². The maximum absolute atomic E-state index is 12.8. The second-order valence-corrected chi connectivity index (χ2v) is 5.60. The van der Waals surface area contributed by atoms with Crippen LogP contribution in [-0.4, -0.2) is 43.1 Å². The summed E-state index contributed by atoms with van der Waals surface area (Å²) >= 11 is 0. The van der Waals surface area contributed by atoms with Crippen molar-refractivity contribution in [1.29, 1.82) is 0 Å². The van der Waals surface area contributed by atoms with E-state index >= 15 is 0 Å². The smallest absolute Gasteiger partial charge is 0.325 e. The molecule has 1 aliphatic heterocycles. The lowest BCUT2D eigenvalue weighted by Crippen LogP contribution is -2.43. The lowest BCUT2D eigenvalue weighted by Gasteiger charge is -2.26. The number of hydrogen-bond donors (Lipinski definition) is 2. The van der Waals surface area contributed by atoms with Gasteiger partial charge >= 0.3 is 6.03 Å². The summed E-state index contributed by atoms with van der Waals surface area (Å²) in [7, 11) is 0. The first-order chi connectivity index (χ1) is 11.1. The zero-order valence-electron chi connectivity index (χ0n) is 13.8. The number of hydrogen-bond acceptors (Lipinski definition) is 4. The van der Waals surface area contributed by atoms with Crippen LogP contribution in [0.1, 0.15) is 31.4 Å². The molecule has 3 amide bonds. The predicted molar refractivity (Wildman–Crippen MR) is 87.9 cm³/mol. The number of amides is 3. The number of benzene rings is 1. The van der Waals surface area contributed by atoms with Gasteiger partial charge in [-0.05, 0) is 24.0 Å². The molecule has 1 atom stereocenters. The number of rotatable bonds is 8. The van der Waals surface area contributed by atoms with E-state index < -0.39 is 5.54 Å². The van der Waals surface area contributed by atoms with Crippen LogP contribution in [0, 0.1) is 0 Å². The Bertz CT molecular complexity index is 559. The Kier molecular flexibility index (Phi) is 5.74. The number of carbonyl (C=O) groups excluding carboxylic acids is 2. The fourth-order valence-electron chi connectivity index (χ4n) is 2.83. The average Bonchev–Trinajstić information content (AvgIpc) is 2.83. The van der Waals surface area contributed by atoms with Gasteiger partial charge in [0.15, 0.2) is 0 Å². The first-order valence-corrected chi connectivity index (χ1v) is 8.10. The lowest BCUT2D eigenvalue weighted by atomic mass is 9.86. The normalized spacial score (nSPS) is 20.9. The van der Waals surface area contributed by atoms with Crippen LogP contribution >= 0.6 is 0 Å². The van der Waals surface area contributed by atoms with Crippen molar-refractivity contribution < 1.29 is 14.3 Å². The van der Waals surface area contributed by atoms with Crippen LogP contribution in [-0.2, 0) is 21.5 Å². The molecule has 0 bridgehead atoms. The number of carbonyl (C=O) groups is 2. The zero-order chi connectivity index (χ0) is 16.9. The Balaban J connectivity index is 2.18. The van der Waals surface area contributed by atoms with Crippen LogP contribution in [0.15, 0.2) is 24.3 Å². The highest BCUT2D eigenvalue weighted by Gasteiger charge is 2.50. The number of nitrogens with two attached hydrogens (primary N) is 1. The number of aryl methyl sites for hydroxylation is 1. The molecule has 126 valence electrons. The van der Waals surface area contributed by atoms with Gasteiger partial charge in [0.2, 0.25) is 0 Å². The first-order valence-electron chi connectivity index (χ1n) is 8.10. The van der Waals surface area contributed by atoms with Gasteiger partial charge in [0, 0.05) is 6.54 Å². The van der Waals surface area contributed by atoms with E-state index in [9.17, 15) is 9.59 Å². The van der Waals surface area contributed by atoms with E-state index in [1.54, 1.807) is 0 Å². The SMILES string of the molecule is CCc1ccc(C2(CC)NC(=O)N(CCOCCN)C2=O)cc1. The van der Waals surface area contributed by atoms with E-state index in [4.69, 9.17) is 10.5 Å². The van der Waals surface area contributed by atoms with Crippen molar-refractivity contribution in [3.8, 4) is 0 Å². The molecule has 1 saturated heterocycles. The Hall–Kier alpha value is -1.92. The van der Waals surface area contributed by atoms with Crippen molar-refractivity contribution in [3.05, 3.63) is 35.4 Å². The average molecular weight is 319 g/mol. The van der Waals surface area contributed by atoms with E-state index in [1.165, 1.54) is 10.5 Å². The van der Waals surface area contributed by atoms with Gasteiger partial charge in [0.05, 0.1) is 19.8 Å². The molecule has 0 radical (unpaired) electrons. The summed E-state index contributed by atoms with van der Waals surface area (Å²) in [5.41, 5.74) is 6.40. The number of ether oxygens (including phenoxy) is 1. The zero-order valence-corrected chi connectivity index (χ0v) is 13.8. The van der Waals surface area contributed by atoms with Gasteiger partial charge in [0.1, 0.15) is 5.54 Å². The molecule has 23 heavy (non-hydrogen) atoms. The predicted octanol–water partition coefficient (Wildman–Crippen LogP) is 1.38. The lowest BCUT2D eigenvalue weighted by molar-refractivity contribution is -0.132. The van der Waals surface area contributed by atoms with Crippen LogP contribution in [0.25, 0.3) is 0 Å². The molecule has 0 aromatic heterocycles. The van der Waals surface area contributed by atoms with Gasteiger partial charge in [-0.1, -0.05) is 38.1 Å². The molecule has 1 fully saturated rings. The summed E-state index contributed by atoms with van der Waals surface area (Å²) in [6.45, 7) is 5.35. The molecular weight excluding hydrogens is 294 g/mol. The molecule has 1 aromatic carbocycles. The minimum absolute atomic E-state index is 0.217. The minimum Gasteiger partial charge on any atom is -0.378 e. The molecule has 6 heteroatoms. The van der Waals surface area contributed by atoms with Crippen molar-refractivity contribution in [3.63, 3.8) is 0 Å². The monoisotopic (exact) mass is 319 g/mol. The summed E-state index contributed by atoms with van der Waals surface area (Å²) in [4.78, 5) is 26.3. The summed E-state index contributed by atoms with van der Waals surface area (Å²) < 4.78 is 5.28. The Morgan fingerprint density at radius 2 is 1.87 bits per heavy atom. The van der Waals surface area contributed by atoms with Gasteiger partial charge in [-0.25, -0.2) is 4.79 Å². The molecular formula is C17H25N3O3. The Labute approximate surface area is 137 Å². The third-order valence-electron chi connectivity index (χ3n) is 4.28. The maximum Gasteiger partial charge on any atom is 0.325 e. The molecule has 1 aromatic rings. The van der Waals surface area contributed by atoms with Gasteiger partial charge < -0.3 is 15.8 Å². The van der Waals surface area contributed by atoms with E-state index in [1.807, 2.05) is 31.2 Å². The number of nitrogens with zero attached hydrogens (tertiary/aromatic N) is 1. The highest BCUT2D eigenvalue weighted by atomic mass is 16.5. The Morgan fingerprint density at radius 3 is 2.43 bits per heavy atom. The standard InChI is InChI=1S/C17H25N3O3/c1-3-13-5-7-14(8-6-13)17(4-2)15(21)20(16(22)19-17)10-12-23-11-9-18/h5-8H,3-4,9-12,18H2,1-2H3,(H,19,22). The summed E-state index contributed by atoms with van der Waals surface area (Å²) in [6.07, 6.45) is 1.44. The van der Waals surface area contributed by atoms with Crippen molar-refractivity contribution in [2.45, 2.75) is 32.2 Å². The van der Waals surface area contributed by atoms with Gasteiger partial charge in [-0.3, -0.25) is 9.69 Å². The van der Waals surface area contributed by atoms with Crippen LogP contribution in [0.5, 0.6) is 0 Å². The minimum atomic E-state index is -0.975. The molecule has 1 aliphatic rings. The van der Waals surface area contributed by atoms with Crippen LogP contribution in [0.2, 0.25) is 0 Å². The van der Waals surface area contributed by atoms with Gasteiger partial charge in [-0.15, -0.1) is 0 Å². The molecule has 1 heterocycles. The Morgan fingerprint density at radius 1 is 1.17 bits per heavy atom. The van der Waals surface area contributed by atoms with E-state index in [-0.39, 0.29) is 18.5 Å². The quantitative estimate of drug-likeness (QED) is 0.560. The molecule has 2 rings (SSSR count). The highest BCUT2D eigenvalue weighted by Crippen LogP contribution is 2.32. The fourth-order valence-corrected chi connectivity index (χ4v) is 2.83. The van der Waals surface area contributed by atoms with Crippen LogP contribution in [0.3, 0.4) is 0 Å². The van der Waals surface area contributed by atoms with Crippen molar-refractivity contribution in [1.82, 2.24) is 10.2 Å². The second-order valence-electron chi connectivity index (χ2n) is 5.60. The summed E-state index contributed by atoms with van der Waals surface area (Å²) in [5.74, 6) is -0.217.